The summed E-state index contributed by atoms with van der Waals surface area (Å²) in [5.74, 6) is 0.776. The maximum atomic E-state index is 12.6. The molecule has 0 fully saturated rings. The fourth-order valence-electron chi connectivity index (χ4n) is 2.88. The molecule has 32 heavy (non-hydrogen) atoms. The molecule has 174 valence electrons. The van der Waals surface area contributed by atoms with Crippen LogP contribution < -0.4 is 10.6 Å². The van der Waals surface area contributed by atoms with Crippen LogP contribution in [0.4, 0.5) is 10.1 Å². The molecule has 3 N–H and O–H groups in total. The van der Waals surface area contributed by atoms with Crippen molar-refractivity contribution in [2.24, 2.45) is 5.73 Å². The highest BCUT2D eigenvalue weighted by Crippen LogP contribution is 2.23. The van der Waals surface area contributed by atoms with Gasteiger partial charge in [0.05, 0.1) is 11.2 Å². The van der Waals surface area contributed by atoms with E-state index < -0.39 is 10.1 Å². The highest BCUT2D eigenvalue weighted by atomic mass is 32.2. The summed E-state index contributed by atoms with van der Waals surface area (Å²) in [7, 11) is -2.12. The van der Waals surface area contributed by atoms with Gasteiger partial charge in [0.2, 0.25) is 0 Å². The van der Waals surface area contributed by atoms with E-state index in [1.807, 2.05) is 37.1 Å². The average Bonchev–Trinajstić information content (AvgIpc) is 3.18. The topological polar surface area (TPSA) is 110 Å². The third-order valence-electron chi connectivity index (χ3n) is 4.78. The van der Waals surface area contributed by atoms with E-state index in [2.05, 4.69) is 11.9 Å². The minimum absolute atomic E-state index is 0.0666. The molecule has 0 atom stereocenters. The van der Waals surface area contributed by atoms with Gasteiger partial charge in [0.15, 0.2) is 11.5 Å². The van der Waals surface area contributed by atoms with Crippen LogP contribution in [-0.4, -0.2) is 38.1 Å². The molecule has 2 aromatic carbocycles. The van der Waals surface area contributed by atoms with E-state index in [9.17, 15) is 12.8 Å². The summed E-state index contributed by atoms with van der Waals surface area (Å²) in [6.07, 6.45) is 3.62. The molecule has 0 bridgehead atoms. The maximum Gasteiger partial charge on any atom is 0.294 e. The quantitative estimate of drug-likeness (QED) is 0.468. The number of unbranched alkanes of at least 4 members (excludes halogenated alkanes) is 1. The maximum absolute atomic E-state index is 12.6. The molecule has 3 aromatic rings. The van der Waals surface area contributed by atoms with Crippen molar-refractivity contribution in [2.75, 3.05) is 25.0 Å². The van der Waals surface area contributed by atoms with Gasteiger partial charge in [-0.15, -0.1) is 0 Å². The Bertz CT molecular complexity index is 1140. The molecule has 0 aliphatic heterocycles. The Morgan fingerprint density at radius 2 is 1.94 bits per heavy atom. The number of likely N-dealkylation sites (N-methyl/N-ethyl adjacent to an activating group) is 1. The molecule has 0 amide bonds. The molecule has 0 aliphatic rings. The molecule has 1 aromatic heterocycles. The van der Waals surface area contributed by atoms with E-state index in [1.165, 1.54) is 12.1 Å². The number of hydrogen-bond donors (Lipinski definition) is 2. The van der Waals surface area contributed by atoms with E-state index >= 15 is 0 Å². The van der Waals surface area contributed by atoms with Crippen molar-refractivity contribution in [1.82, 2.24) is 4.98 Å². The van der Waals surface area contributed by atoms with Crippen LogP contribution in [0.2, 0.25) is 0 Å². The van der Waals surface area contributed by atoms with Crippen LogP contribution in [0, 0.1) is 6.92 Å². The minimum atomic E-state index is -4.02. The lowest BCUT2D eigenvalue weighted by Gasteiger charge is -2.19. The first-order valence-electron chi connectivity index (χ1n) is 10.3. The molecule has 9 heteroatoms. The highest BCUT2D eigenvalue weighted by molar-refractivity contribution is 7.85. The number of fused-ring (bicyclic) bond motifs is 1. The number of nitrogens with zero attached hydrogens (tertiary/aromatic N) is 2. The summed E-state index contributed by atoms with van der Waals surface area (Å²) in [5.41, 5.74) is 9.58. The van der Waals surface area contributed by atoms with E-state index in [1.54, 1.807) is 12.1 Å². The second-order valence-electron chi connectivity index (χ2n) is 7.48. The van der Waals surface area contributed by atoms with Crippen LogP contribution in [0.25, 0.3) is 11.1 Å². The monoisotopic (exact) mass is 463 g/mol. The van der Waals surface area contributed by atoms with Gasteiger partial charge in [0, 0.05) is 38.3 Å². The van der Waals surface area contributed by atoms with Crippen LogP contribution in [0.3, 0.4) is 0 Å². The molecule has 0 radical (unpaired) electrons. The highest BCUT2D eigenvalue weighted by Gasteiger charge is 2.10. The zero-order chi connectivity index (χ0) is 23.7. The number of hydrogen-bond acceptors (Lipinski definition) is 6. The fraction of sp³-hybridized carbons (Fsp3) is 0.348. The van der Waals surface area contributed by atoms with Gasteiger partial charge in [0.25, 0.3) is 10.1 Å². The van der Waals surface area contributed by atoms with Gasteiger partial charge in [-0.1, -0.05) is 31.0 Å². The molecule has 0 spiro atoms. The van der Waals surface area contributed by atoms with Crippen molar-refractivity contribution < 1.29 is 21.8 Å². The van der Waals surface area contributed by atoms with Crippen molar-refractivity contribution >= 4 is 26.9 Å². The first-order chi connectivity index (χ1) is 15.2. The minimum Gasteiger partial charge on any atom is -0.441 e. The number of oxazole rings is 1. The zero-order valence-electron chi connectivity index (χ0n) is 18.6. The van der Waals surface area contributed by atoms with Crippen molar-refractivity contribution in [3.8, 4) is 0 Å². The second-order valence-corrected chi connectivity index (χ2v) is 8.90. The molecule has 1 heterocycles. The second kappa shape index (κ2) is 11.8. The first-order valence-corrected chi connectivity index (χ1v) is 11.7. The van der Waals surface area contributed by atoms with E-state index in [0.717, 1.165) is 47.5 Å². The fourth-order valence-corrected chi connectivity index (χ4v) is 3.36. The van der Waals surface area contributed by atoms with Gasteiger partial charge >= 0.3 is 0 Å². The zero-order valence-corrected chi connectivity index (χ0v) is 19.4. The number of nitrogens with two attached hydrogens (primary N) is 1. The van der Waals surface area contributed by atoms with Crippen molar-refractivity contribution in [3.63, 3.8) is 0 Å². The summed E-state index contributed by atoms with van der Waals surface area (Å²) < 4.78 is 47.9. The SMILES string of the molecule is CCCCc1nc2ccc(N(C)C/C(=C/F)CN)cc2o1.Cc1ccc(S(=O)(=O)O)cc1. The summed E-state index contributed by atoms with van der Waals surface area (Å²) in [6.45, 7) is 4.65. The Balaban J connectivity index is 0.000000278. The Labute approximate surface area is 188 Å². The normalized spacial score (nSPS) is 11.9. The van der Waals surface area contributed by atoms with Gasteiger partial charge in [-0.3, -0.25) is 4.55 Å². The molecule has 3 rings (SSSR count). The number of anilines is 1. The molecule has 0 aliphatic carbocycles. The lowest BCUT2D eigenvalue weighted by atomic mass is 10.2. The predicted molar refractivity (Wildman–Crippen MR) is 125 cm³/mol. The Morgan fingerprint density at radius 1 is 1.25 bits per heavy atom. The van der Waals surface area contributed by atoms with Crippen LogP contribution >= 0.6 is 0 Å². The summed E-state index contributed by atoms with van der Waals surface area (Å²) >= 11 is 0. The molecule has 7 nitrogen and oxygen atoms in total. The van der Waals surface area contributed by atoms with Gasteiger partial charge in [0.1, 0.15) is 5.52 Å². The Morgan fingerprint density at radius 3 is 2.50 bits per heavy atom. The van der Waals surface area contributed by atoms with E-state index in [0.29, 0.717) is 18.4 Å². The Hall–Kier alpha value is -2.75. The number of benzene rings is 2. The Kier molecular flexibility index (Phi) is 9.37. The molecule has 0 saturated carbocycles. The molecular formula is C23H30FN3O4S. The summed E-state index contributed by atoms with van der Waals surface area (Å²) in [5, 5.41) is 0. The first kappa shape index (κ1) is 25.5. The van der Waals surface area contributed by atoms with Crippen LogP contribution in [0.15, 0.2) is 63.7 Å². The number of halogens is 1. The third kappa shape index (κ3) is 7.44. The van der Waals surface area contributed by atoms with Gasteiger partial charge < -0.3 is 15.1 Å². The predicted octanol–water partition coefficient (Wildman–Crippen LogP) is 4.66. The standard InChI is InChI=1S/C16H22FN3O.C7H8O3S/c1-3-4-5-16-19-14-7-6-13(8-15(14)21-16)20(2)11-12(9-17)10-18;1-6-2-4-7(5-3-6)11(8,9)10/h6-9H,3-5,10-11,18H2,1-2H3;2-5H,1H3,(H,8,9,10)/b12-9+;. The van der Waals surface area contributed by atoms with Crippen LogP contribution in [-0.2, 0) is 16.5 Å². The summed E-state index contributed by atoms with van der Waals surface area (Å²) in [6, 6.07) is 11.8. The number of aromatic nitrogens is 1. The van der Waals surface area contributed by atoms with Crippen LogP contribution in [0.1, 0.15) is 31.2 Å². The van der Waals surface area contributed by atoms with Gasteiger partial charge in [-0.25, -0.2) is 9.37 Å². The lowest BCUT2D eigenvalue weighted by Crippen LogP contribution is -2.23. The van der Waals surface area contributed by atoms with Crippen LogP contribution in [0.5, 0.6) is 0 Å². The molecular weight excluding hydrogens is 433 g/mol. The van der Waals surface area contributed by atoms with Crippen molar-refractivity contribution in [1.29, 1.82) is 0 Å². The third-order valence-corrected chi connectivity index (χ3v) is 5.64. The summed E-state index contributed by atoms with van der Waals surface area (Å²) in [4.78, 5) is 6.34. The van der Waals surface area contributed by atoms with E-state index in [4.69, 9.17) is 14.7 Å². The molecule has 0 unspecified atom stereocenters. The number of aryl methyl sites for hydroxylation is 2. The smallest absolute Gasteiger partial charge is 0.294 e. The average molecular weight is 464 g/mol. The van der Waals surface area contributed by atoms with E-state index in [-0.39, 0.29) is 11.4 Å². The van der Waals surface area contributed by atoms with Crippen molar-refractivity contribution in [3.05, 3.63) is 65.8 Å². The number of rotatable bonds is 8. The lowest BCUT2D eigenvalue weighted by molar-refractivity contribution is 0.483. The van der Waals surface area contributed by atoms with Crippen molar-refractivity contribution in [2.45, 2.75) is 38.0 Å². The van der Waals surface area contributed by atoms with Gasteiger partial charge in [-0.05, 0) is 43.2 Å². The van der Waals surface area contributed by atoms with Gasteiger partial charge in [-0.2, -0.15) is 8.42 Å². The largest absolute Gasteiger partial charge is 0.441 e. The molecule has 0 saturated heterocycles.